The molecule has 0 radical (unpaired) electrons. The fraction of sp³-hybridized carbons (Fsp3) is 0.259. The first-order chi connectivity index (χ1) is 15.6. The van der Waals surface area contributed by atoms with Gasteiger partial charge in [-0.1, -0.05) is 66.7 Å². The van der Waals surface area contributed by atoms with Gasteiger partial charge in [-0.15, -0.1) is 0 Å². The summed E-state index contributed by atoms with van der Waals surface area (Å²) in [4.78, 5) is 23.4. The molecule has 3 aromatic carbocycles. The predicted octanol–water partition coefficient (Wildman–Crippen LogP) is 5.48. The molecule has 0 saturated heterocycles. The fourth-order valence-electron chi connectivity index (χ4n) is 3.40. The van der Waals surface area contributed by atoms with E-state index in [0.29, 0.717) is 31.4 Å². The van der Waals surface area contributed by atoms with Crippen LogP contribution < -0.4 is 0 Å². The Morgan fingerprint density at radius 1 is 0.844 bits per heavy atom. The van der Waals surface area contributed by atoms with Crippen molar-refractivity contribution >= 4 is 11.9 Å². The molecular formula is C27H28O5. The lowest BCUT2D eigenvalue weighted by Crippen LogP contribution is -2.05. The van der Waals surface area contributed by atoms with E-state index in [1.807, 2.05) is 66.7 Å². The van der Waals surface area contributed by atoms with Gasteiger partial charge in [0.1, 0.15) is 6.61 Å². The Kier molecular flexibility index (Phi) is 8.58. The molecular weight excluding hydrogens is 404 g/mol. The molecule has 0 heterocycles. The Bertz CT molecular complexity index is 994. The maximum Gasteiger partial charge on any atom is 0.337 e. The van der Waals surface area contributed by atoms with Crippen molar-refractivity contribution in [2.75, 3.05) is 7.11 Å². The molecule has 3 rings (SSSR count). The number of aliphatic hydroxyl groups is 1. The van der Waals surface area contributed by atoms with Crippen molar-refractivity contribution in [3.63, 3.8) is 0 Å². The number of methoxy groups -OCH3 is 1. The molecule has 0 aromatic heterocycles. The number of benzene rings is 3. The Hall–Kier alpha value is -3.44. The Morgan fingerprint density at radius 3 is 2.09 bits per heavy atom. The van der Waals surface area contributed by atoms with E-state index < -0.39 is 6.10 Å². The number of unbranched alkanes of at least 4 members (excludes halogenated alkanes) is 1. The van der Waals surface area contributed by atoms with Crippen molar-refractivity contribution in [1.29, 1.82) is 0 Å². The summed E-state index contributed by atoms with van der Waals surface area (Å²) in [5, 5.41) is 10.5. The van der Waals surface area contributed by atoms with Crippen LogP contribution in [0.15, 0.2) is 78.9 Å². The number of rotatable bonds is 10. The molecule has 0 spiro atoms. The number of esters is 2. The highest BCUT2D eigenvalue weighted by Gasteiger charge is 2.10. The predicted molar refractivity (Wildman–Crippen MR) is 123 cm³/mol. The van der Waals surface area contributed by atoms with E-state index in [1.54, 1.807) is 12.1 Å². The van der Waals surface area contributed by atoms with Gasteiger partial charge in [0, 0.05) is 6.42 Å². The van der Waals surface area contributed by atoms with Gasteiger partial charge in [-0.2, -0.15) is 0 Å². The van der Waals surface area contributed by atoms with Gasteiger partial charge in [-0.25, -0.2) is 4.79 Å². The topological polar surface area (TPSA) is 72.8 Å². The number of carbonyl (C=O) groups is 2. The van der Waals surface area contributed by atoms with Crippen LogP contribution in [-0.4, -0.2) is 24.2 Å². The molecule has 1 N–H and O–H groups in total. The van der Waals surface area contributed by atoms with Gasteiger partial charge in [0.2, 0.25) is 0 Å². The molecule has 0 bridgehead atoms. The van der Waals surface area contributed by atoms with Crippen LogP contribution in [-0.2, 0) is 20.9 Å². The monoisotopic (exact) mass is 432 g/mol. The Labute approximate surface area is 188 Å². The molecule has 0 unspecified atom stereocenters. The smallest absolute Gasteiger partial charge is 0.337 e. The van der Waals surface area contributed by atoms with Gasteiger partial charge < -0.3 is 14.6 Å². The summed E-state index contributed by atoms with van der Waals surface area (Å²) in [5.74, 6) is -0.578. The first kappa shape index (κ1) is 23.2. The zero-order chi connectivity index (χ0) is 22.8. The fourth-order valence-corrected chi connectivity index (χ4v) is 3.40. The second kappa shape index (κ2) is 11.8. The molecule has 0 amide bonds. The summed E-state index contributed by atoms with van der Waals surface area (Å²) in [7, 11) is 1.36. The van der Waals surface area contributed by atoms with Gasteiger partial charge in [-0.05, 0) is 53.6 Å². The van der Waals surface area contributed by atoms with Crippen molar-refractivity contribution in [1.82, 2.24) is 0 Å². The summed E-state index contributed by atoms with van der Waals surface area (Å²) in [5.41, 5.74) is 4.30. The van der Waals surface area contributed by atoms with Crippen LogP contribution in [0.5, 0.6) is 0 Å². The number of hydrogen-bond acceptors (Lipinski definition) is 5. The highest BCUT2D eigenvalue weighted by Crippen LogP contribution is 2.25. The van der Waals surface area contributed by atoms with Gasteiger partial charge in [0.05, 0.1) is 18.8 Å². The Morgan fingerprint density at radius 2 is 1.47 bits per heavy atom. The van der Waals surface area contributed by atoms with E-state index in [9.17, 15) is 14.7 Å². The summed E-state index contributed by atoms with van der Waals surface area (Å²) >= 11 is 0. The van der Waals surface area contributed by atoms with E-state index in [-0.39, 0.29) is 11.9 Å². The summed E-state index contributed by atoms with van der Waals surface area (Å²) in [6.45, 7) is 0.292. The quantitative estimate of drug-likeness (QED) is 0.339. The molecule has 0 fully saturated rings. The first-order valence-corrected chi connectivity index (χ1v) is 10.7. The lowest BCUT2D eigenvalue weighted by Gasteiger charge is -2.12. The lowest BCUT2D eigenvalue weighted by atomic mass is 9.98. The molecule has 5 nitrogen and oxygen atoms in total. The van der Waals surface area contributed by atoms with Crippen molar-refractivity contribution in [2.45, 2.75) is 38.4 Å². The van der Waals surface area contributed by atoms with Crippen LogP contribution in [0.2, 0.25) is 0 Å². The van der Waals surface area contributed by atoms with Crippen LogP contribution >= 0.6 is 0 Å². The molecule has 166 valence electrons. The van der Waals surface area contributed by atoms with Crippen molar-refractivity contribution < 1.29 is 24.2 Å². The standard InChI is InChI=1S/C27H28O5/c1-31-27(30)24-17-13-22(14-18-24)21-11-15-23(16-12-21)25(28)9-5-6-10-26(29)32-19-20-7-3-2-4-8-20/h2-4,7-8,11-18,25,28H,5-6,9-10,19H2,1H3/t25-/m1/s1. The van der Waals surface area contributed by atoms with E-state index in [4.69, 9.17) is 9.47 Å². The third-order valence-corrected chi connectivity index (χ3v) is 5.29. The van der Waals surface area contributed by atoms with Gasteiger partial charge >= 0.3 is 11.9 Å². The second-order valence-corrected chi connectivity index (χ2v) is 7.60. The first-order valence-electron chi connectivity index (χ1n) is 10.7. The van der Waals surface area contributed by atoms with E-state index in [0.717, 1.165) is 28.7 Å². The number of aliphatic hydroxyl groups excluding tert-OH is 1. The normalized spacial score (nSPS) is 11.6. The van der Waals surface area contributed by atoms with Crippen LogP contribution in [0.3, 0.4) is 0 Å². The van der Waals surface area contributed by atoms with E-state index >= 15 is 0 Å². The average molecular weight is 433 g/mol. The molecule has 0 aliphatic rings. The van der Waals surface area contributed by atoms with Gasteiger partial charge in [0.25, 0.3) is 0 Å². The minimum atomic E-state index is -0.578. The minimum absolute atomic E-state index is 0.217. The van der Waals surface area contributed by atoms with Gasteiger partial charge in [-0.3, -0.25) is 4.79 Å². The molecule has 0 aliphatic heterocycles. The summed E-state index contributed by atoms with van der Waals surface area (Å²) < 4.78 is 9.99. The summed E-state index contributed by atoms with van der Waals surface area (Å²) in [6.07, 6.45) is 1.76. The Balaban J connectivity index is 1.41. The average Bonchev–Trinajstić information content (AvgIpc) is 2.85. The van der Waals surface area contributed by atoms with Crippen LogP contribution in [0.1, 0.15) is 53.3 Å². The highest BCUT2D eigenvalue weighted by molar-refractivity contribution is 5.89. The highest BCUT2D eigenvalue weighted by atomic mass is 16.5. The maximum absolute atomic E-state index is 11.9. The minimum Gasteiger partial charge on any atom is -0.465 e. The molecule has 3 aromatic rings. The largest absolute Gasteiger partial charge is 0.465 e. The molecule has 32 heavy (non-hydrogen) atoms. The van der Waals surface area contributed by atoms with Crippen molar-refractivity contribution in [3.8, 4) is 11.1 Å². The summed E-state index contributed by atoms with van der Waals surface area (Å²) in [6, 6.07) is 24.5. The lowest BCUT2D eigenvalue weighted by molar-refractivity contribution is -0.145. The second-order valence-electron chi connectivity index (χ2n) is 7.60. The SMILES string of the molecule is COC(=O)c1ccc(-c2ccc([C@H](O)CCCCC(=O)OCc3ccccc3)cc2)cc1. The van der Waals surface area contributed by atoms with Crippen molar-refractivity contribution in [2.24, 2.45) is 0 Å². The van der Waals surface area contributed by atoms with Gasteiger partial charge in [0.15, 0.2) is 0 Å². The van der Waals surface area contributed by atoms with E-state index in [1.165, 1.54) is 7.11 Å². The molecule has 0 aliphatic carbocycles. The molecule has 0 saturated carbocycles. The molecule has 5 heteroatoms. The van der Waals surface area contributed by atoms with E-state index in [2.05, 4.69) is 0 Å². The molecule has 1 atom stereocenters. The third-order valence-electron chi connectivity index (χ3n) is 5.29. The third kappa shape index (κ3) is 6.79. The van der Waals surface area contributed by atoms with Crippen LogP contribution in [0, 0.1) is 0 Å². The van der Waals surface area contributed by atoms with Crippen molar-refractivity contribution in [3.05, 3.63) is 95.6 Å². The number of ether oxygens (including phenoxy) is 2. The zero-order valence-corrected chi connectivity index (χ0v) is 18.2. The number of hydrogen-bond donors (Lipinski definition) is 1. The number of carbonyl (C=O) groups excluding carboxylic acids is 2. The van der Waals surface area contributed by atoms with Crippen LogP contribution in [0.25, 0.3) is 11.1 Å². The zero-order valence-electron chi connectivity index (χ0n) is 18.2. The maximum atomic E-state index is 11.9. The van der Waals surface area contributed by atoms with Crippen LogP contribution in [0.4, 0.5) is 0 Å².